The van der Waals surface area contributed by atoms with Gasteiger partial charge in [-0.25, -0.2) is 0 Å². The molecule has 7 heteroatoms. The highest BCUT2D eigenvalue weighted by atomic mass is 16.5. The second-order valence-corrected chi connectivity index (χ2v) is 7.33. The summed E-state index contributed by atoms with van der Waals surface area (Å²) in [6.45, 7) is 4.22. The second kappa shape index (κ2) is 9.47. The van der Waals surface area contributed by atoms with Gasteiger partial charge in [-0.2, -0.15) is 9.61 Å². The van der Waals surface area contributed by atoms with Crippen LogP contribution in [0.15, 0.2) is 60.9 Å². The number of nitrogens with zero attached hydrogens (tertiary/aromatic N) is 5. The first-order valence-electron chi connectivity index (χ1n) is 10.6. The summed E-state index contributed by atoms with van der Waals surface area (Å²) in [4.78, 5) is 17.1. The molecule has 3 heterocycles. The number of aryl methyl sites for hydroxylation is 1. The maximum atomic E-state index is 12.9. The Balaban J connectivity index is 1.85. The van der Waals surface area contributed by atoms with E-state index < -0.39 is 5.92 Å². The number of ether oxygens (including phenoxy) is 1. The molecule has 0 amide bonds. The lowest BCUT2D eigenvalue weighted by atomic mass is 10.00. The molecular weight excluding hydrogens is 390 g/mol. The molecule has 1 unspecified atom stereocenters. The van der Waals surface area contributed by atoms with Crippen molar-refractivity contribution < 1.29 is 9.53 Å². The molecular formula is C24H25N5O2. The summed E-state index contributed by atoms with van der Waals surface area (Å²) in [5, 5.41) is 13.6. The summed E-state index contributed by atoms with van der Waals surface area (Å²) in [6.07, 6.45) is 5.68. The maximum Gasteiger partial charge on any atom is 0.317 e. The van der Waals surface area contributed by atoms with Crippen LogP contribution >= 0.6 is 0 Å². The van der Waals surface area contributed by atoms with Gasteiger partial charge in [-0.3, -0.25) is 9.78 Å². The molecule has 158 valence electrons. The Morgan fingerprint density at radius 2 is 1.94 bits per heavy atom. The van der Waals surface area contributed by atoms with Crippen LogP contribution in [0.2, 0.25) is 0 Å². The van der Waals surface area contributed by atoms with Gasteiger partial charge in [-0.15, -0.1) is 10.2 Å². The van der Waals surface area contributed by atoms with E-state index in [1.807, 2.05) is 42.5 Å². The van der Waals surface area contributed by atoms with E-state index in [0.29, 0.717) is 24.5 Å². The van der Waals surface area contributed by atoms with Crippen molar-refractivity contribution in [3.8, 4) is 11.3 Å². The Hall–Kier alpha value is -3.61. The number of benzene rings is 1. The van der Waals surface area contributed by atoms with E-state index in [2.05, 4.69) is 28.2 Å². The van der Waals surface area contributed by atoms with Gasteiger partial charge >= 0.3 is 5.97 Å². The minimum absolute atomic E-state index is 0.295. The van der Waals surface area contributed by atoms with Crippen molar-refractivity contribution in [3.05, 3.63) is 77.9 Å². The lowest BCUT2D eigenvalue weighted by molar-refractivity contribution is -0.145. The molecule has 1 aromatic carbocycles. The zero-order valence-corrected chi connectivity index (χ0v) is 17.7. The van der Waals surface area contributed by atoms with Crippen LogP contribution in [-0.2, 0) is 22.4 Å². The van der Waals surface area contributed by atoms with Gasteiger partial charge in [0, 0.05) is 23.5 Å². The molecule has 0 fully saturated rings. The highest BCUT2D eigenvalue weighted by Crippen LogP contribution is 2.26. The maximum absolute atomic E-state index is 12.9. The van der Waals surface area contributed by atoms with Crippen molar-refractivity contribution in [1.82, 2.24) is 24.8 Å². The van der Waals surface area contributed by atoms with Crippen LogP contribution in [0.1, 0.15) is 43.1 Å². The first-order chi connectivity index (χ1) is 15.2. The summed E-state index contributed by atoms with van der Waals surface area (Å²) in [6, 6.07) is 15.8. The van der Waals surface area contributed by atoms with E-state index in [4.69, 9.17) is 9.84 Å². The number of aromatic nitrogens is 5. The Labute approximate surface area is 181 Å². The van der Waals surface area contributed by atoms with E-state index in [0.717, 1.165) is 35.2 Å². The summed E-state index contributed by atoms with van der Waals surface area (Å²) in [7, 11) is 0. The van der Waals surface area contributed by atoms with E-state index in [1.54, 1.807) is 23.8 Å². The van der Waals surface area contributed by atoms with Crippen LogP contribution in [-0.4, -0.2) is 37.4 Å². The first kappa shape index (κ1) is 20.7. The van der Waals surface area contributed by atoms with Crippen molar-refractivity contribution in [2.45, 2.75) is 39.0 Å². The Morgan fingerprint density at radius 3 is 2.65 bits per heavy atom. The number of pyridine rings is 1. The Kier molecular flexibility index (Phi) is 6.31. The second-order valence-electron chi connectivity index (χ2n) is 7.33. The molecule has 0 N–H and O–H groups in total. The van der Waals surface area contributed by atoms with Gasteiger partial charge in [-0.05, 0) is 37.5 Å². The highest BCUT2D eigenvalue weighted by molar-refractivity contribution is 5.78. The number of esters is 1. The normalized spacial score (nSPS) is 12.1. The SMILES string of the molecule is CCCc1cc(-c2ccccc2)nn2c(C(Cc3cccnc3)C(=O)OCC)nnc12. The van der Waals surface area contributed by atoms with Gasteiger partial charge in [0.1, 0.15) is 5.92 Å². The molecule has 0 aliphatic rings. The molecule has 0 bridgehead atoms. The lowest BCUT2D eigenvalue weighted by Gasteiger charge is -2.14. The molecule has 0 saturated heterocycles. The van der Waals surface area contributed by atoms with E-state index >= 15 is 0 Å². The third-order valence-corrected chi connectivity index (χ3v) is 5.11. The predicted octanol–water partition coefficient (Wildman–Crippen LogP) is 4.03. The van der Waals surface area contributed by atoms with E-state index in [1.165, 1.54) is 0 Å². The van der Waals surface area contributed by atoms with Crippen molar-refractivity contribution >= 4 is 11.6 Å². The smallest absolute Gasteiger partial charge is 0.317 e. The van der Waals surface area contributed by atoms with Gasteiger partial charge in [0.05, 0.1) is 12.3 Å². The fraction of sp³-hybridized carbons (Fsp3) is 0.292. The van der Waals surface area contributed by atoms with Gasteiger partial charge in [0.15, 0.2) is 11.5 Å². The summed E-state index contributed by atoms with van der Waals surface area (Å²) in [5.74, 6) is -0.496. The molecule has 1 atom stereocenters. The quantitative estimate of drug-likeness (QED) is 0.404. The van der Waals surface area contributed by atoms with Gasteiger partial charge < -0.3 is 4.74 Å². The fourth-order valence-corrected chi connectivity index (χ4v) is 3.65. The number of carbonyl (C=O) groups excluding carboxylic acids is 1. The lowest BCUT2D eigenvalue weighted by Crippen LogP contribution is -2.21. The standard InChI is InChI=1S/C24H25N5O2/c1-3-9-19-15-21(18-11-6-5-7-12-18)28-29-22(19)26-27-23(29)20(24(30)31-4-2)14-17-10-8-13-25-16-17/h5-8,10-13,15-16,20H,3-4,9,14H2,1-2H3. The first-order valence-corrected chi connectivity index (χ1v) is 10.6. The Bertz CT molecular complexity index is 1160. The third-order valence-electron chi connectivity index (χ3n) is 5.11. The zero-order chi connectivity index (χ0) is 21.6. The van der Waals surface area contributed by atoms with Crippen LogP contribution in [0.3, 0.4) is 0 Å². The number of fused-ring (bicyclic) bond motifs is 1. The molecule has 0 radical (unpaired) electrons. The average Bonchev–Trinajstić information content (AvgIpc) is 3.23. The molecule has 3 aromatic heterocycles. The molecule has 0 aliphatic heterocycles. The largest absolute Gasteiger partial charge is 0.465 e. The van der Waals surface area contributed by atoms with Gasteiger partial charge in [-0.1, -0.05) is 49.7 Å². The molecule has 4 rings (SSSR count). The summed E-state index contributed by atoms with van der Waals surface area (Å²) in [5.41, 5.74) is 4.48. The zero-order valence-electron chi connectivity index (χ0n) is 17.7. The average molecular weight is 415 g/mol. The minimum Gasteiger partial charge on any atom is -0.465 e. The number of hydrogen-bond acceptors (Lipinski definition) is 6. The number of carbonyl (C=O) groups is 1. The van der Waals surface area contributed by atoms with Crippen LogP contribution < -0.4 is 0 Å². The van der Waals surface area contributed by atoms with Crippen molar-refractivity contribution in [3.63, 3.8) is 0 Å². The van der Waals surface area contributed by atoms with Crippen LogP contribution in [0.5, 0.6) is 0 Å². The van der Waals surface area contributed by atoms with E-state index in [-0.39, 0.29) is 5.97 Å². The van der Waals surface area contributed by atoms with Crippen molar-refractivity contribution in [2.75, 3.05) is 6.61 Å². The van der Waals surface area contributed by atoms with Gasteiger partial charge in [0.2, 0.25) is 0 Å². The molecule has 0 spiro atoms. The predicted molar refractivity (Wildman–Crippen MR) is 118 cm³/mol. The molecule has 31 heavy (non-hydrogen) atoms. The van der Waals surface area contributed by atoms with Gasteiger partial charge in [0.25, 0.3) is 0 Å². The Morgan fingerprint density at radius 1 is 1.10 bits per heavy atom. The molecule has 0 aliphatic carbocycles. The van der Waals surface area contributed by atoms with E-state index in [9.17, 15) is 4.79 Å². The third kappa shape index (κ3) is 4.45. The summed E-state index contributed by atoms with van der Waals surface area (Å²) >= 11 is 0. The molecule has 0 saturated carbocycles. The van der Waals surface area contributed by atoms with Crippen molar-refractivity contribution in [2.24, 2.45) is 0 Å². The van der Waals surface area contributed by atoms with Crippen molar-refractivity contribution in [1.29, 1.82) is 0 Å². The van der Waals surface area contributed by atoms with Crippen LogP contribution in [0, 0.1) is 0 Å². The van der Waals surface area contributed by atoms with Crippen LogP contribution in [0.25, 0.3) is 16.9 Å². The summed E-state index contributed by atoms with van der Waals surface area (Å²) < 4.78 is 7.09. The topological polar surface area (TPSA) is 82.3 Å². The minimum atomic E-state index is -0.632. The molecule has 4 aromatic rings. The van der Waals surface area contributed by atoms with Crippen LogP contribution in [0.4, 0.5) is 0 Å². The monoisotopic (exact) mass is 415 g/mol. The fourth-order valence-electron chi connectivity index (χ4n) is 3.65. The molecule has 7 nitrogen and oxygen atoms in total. The highest BCUT2D eigenvalue weighted by Gasteiger charge is 2.29. The number of rotatable bonds is 8. The number of hydrogen-bond donors (Lipinski definition) is 0.